The lowest BCUT2D eigenvalue weighted by Crippen LogP contribution is -2.32. The van der Waals surface area contributed by atoms with Gasteiger partial charge in [-0.1, -0.05) is 41.9 Å². The van der Waals surface area contributed by atoms with Crippen LogP contribution in [0.3, 0.4) is 0 Å². The number of carbonyl (C=O) groups is 2. The number of rotatable bonds is 10. The van der Waals surface area contributed by atoms with Crippen molar-refractivity contribution in [3.05, 3.63) is 90.7 Å². The van der Waals surface area contributed by atoms with Crippen LogP contribution in [0.1, 0.15) is 18.1 Å². The maximum Gasteiger partial charge on any atom is 0.293 e. The molecule has 3 aromatic rings. The molecular formula is C27H22Br2ClNO5S. The van der Waals surface area contributed by atoms with Crippen LogP contribution in [0.25, 0.3) is 6.08 Å². The average molecular weight is 668 g/mol. The summed E-state index contributed by atoms with van der Waals surface area (Å²) < 4.78 is 18.9. The fraction of sp³-hybridized carbons (Fsp3) is 0.185. The number of ether oxygens (including phenoxy) is 3. The molecule has 0 radical (unpaired) electrons. The smallest absolute Gasteiger partial charge is 0.293 e. The van der Waals surface area contributed by atoms with E-state index in [1.54, 1.807) is 36.4 Å². The van der Waals surface area contributed by atoms with E-state index in [4.69, 9.17) is 25.8 Å². The number of carbonyl (C=O) groups excluding carboxylic acids is 2. The molecular weight excluding hydrogens is 646 g/mol. The second-order valence-electron chi connectivity index (χ2n) is 7.76. The van der Waals surface area contributed by atoms with Gasteiger partial charge < -0.3 is 14.2 Å². The zero-order chi connectivity index (χ0) is 26.4. The second kappa shape index (κ2) is 12.9. The van der Waals surface area contributed by atoms with E-state index >= 15 is 0 Å². The third-order valence-corrected chi connectivity index (χ3v) is 8.54. The maximum absolute atomic E-state index is 13.0. The predicted molar refractivity (Wildman–Crippen MR) is 153 cm³/mol. The van der Waals surface area contributed by atoms with Crippen LogP contribution in [-0.2, 0) is 11.4 Å². The zero-order valence-corrected chi connectivity index (χ0v) is 24.5. The molecule has 1 aliphatic rings. The summed E-state index contributed by atoms with van der Waals surface area (Å²) in [6.07, 6.45) is 1.67. The molecule has 192 valence electrons. The molecule has 0 bridgehead atoms. The summed E-state index contributed by atoms with van der Waals surface area (Å²) in [6, 6.07) is 18.5. The average Bonchev–Trinajstić information content (AvgIpc) is 3.16. The highest BCUT2D eigenvalue weighted by molar-refractivity contribution is 9.13. The SMILES string of the molecule is CCOc1cc(/C=C2\SC(=O)N(CCOc3ccc(Cl)cc3)C2=O)c(Br)c(Br)c1OCc1ccccc1. The Hall–Kier alpha value is -2.46. The molecule has 2 amide bonds. The van der Waals surface area contributed by atoms with Crippen LogP contribution in [-0.4, -0.2) is 35.8 Å². The van der Waals surface area contributed by atoms with E-state index in [0.717, 1.165) is 17.3 Å². The van der Waals surface area contributed by atoms with Gasteiger partial charge in [0, 0.05) is 9.50 Å². The molecule has 4 rings (SSSR count). The van der Waals surface area contributed by atoms with Crippen LogP contribution in [0.15, 0.2) is 74.5 Å². The molecule has 0 saturated carbocycles. The highest BCUT2D eigenvalue weighted by Gasteiger charge is 2.35. The molecule has 1 heterocycles. The first-order valence-corrected chi connectivity index (χ1v) is 14.1. The van der Waals surface area contributed by atoms with Crippen LogP contribution in [0.5, 0.6) is 17.2 Å². The molecule has 6 nitrogen and oxygen atoms in total. The molecule has 10 heteroatoms. The topological polar surface area (TPSA) is 65.1 Å². The Balaban J connectivity index is 1.50. The number of imide groups is 1. The molecule has 0 atom stereocenters. The summed E-state index contributed by atoms with van der Waals surface area (Å²) in [5.41, 5.74) is 1.69. The Kier molecular flexibility index (Phi) is 9.59. The van der Waals surface area contributed by atoms with Gasteiger partial charge in [-0.3, -0.25) is 14.5 Å². The van der Waals surface area contributed by atoms with Crippen molar-refractivity contribution in [2.45, 2.75) is 13.5 Å². The third kappa shape index (κ3) is 6.90. The highest BCUT2D eigenvalue weighted by Crippen LogP contribution is 2.45. The van der Waals surface area contributed by atoms with Crippen molar-refractivity contribution in [3.63, 3.8) is 0 Å². The fourth-order valence-corrected chi connectivity index (χ4v) is 5.39. The van der Waals surface area contributed by atoms with Crippen LogP contribution in [0, 0.1) is 0 Å². The largest absolute Gasteiger partial charge is 0.492 e. The summed E-state index contributed by atoms with van der Waals surface area (Å²) >= 11 is 14.0. The van der Waals surface area contributed by atoms with Gasteiger partial charge >= 0.3 is 0 Å². The molecule has 1 aliphatic heterocycles. The van der Waals surface area contributed by atoms with E-state index in [1.807, 2.05) is 37.3 Å². The minimum atomic E-state index is -0.375. The quantitative estimate of drug-likeness (QED) is 0.205. The molecule has 0 N–H and O–H groups in total. The Morgan fingerprint density at radius 3 is 2.41 bits per heavy atom. The van der Waals surface area contributed by atoms with Crippen molar-refractivity contribution in [2.75, 3.05) is 19.8 Å². The number of halogens is 3. The van der Waals surface area contributed by atoms with E-state index in [1.165, 1.54) is 4.90 Å². The van der Waals surface area contributed by atoms with Crippen LogP contribution in [0.2, 0.25) is 5.02 Å². The lowest BCUT2D eigenvalue weighted by Gasteiger charge is -2.17. The second-order valence-corrected chi connectivity index (χ2v) is 10.8. The van der Waals surface area contributed by atoms with Crippen LogP contribution < -0.4 is 14.2 Å². The van der Waals surface area contributed by atoms with Crippen molar-refractivity contribution >= 4 is 72.4 Å². The van der Waals surface area contributed by atoms with Gasteiger partial charge in [-0.25, -0.2) is 0 Å². The van der Waals surface area contributed by atoms with Crippen molar-refractivity contribution in [1.82, 2.24) is 4.90 Å². The normalized spacial score (nSPS) is 14.4. The third-order valence-electron chi connectivity index (χ3n) is 5.24. The van der Waals surface area contributed by atoms with Gasteiger partial charge in [-0.15, -0.1) is 0 Å². The predicted octanol–water partition coefficient (Wildman–Crippen LogP) is 7.96. The maximum atomic E-state index is 13.0. The zero-order valence-electron chi connectivity index (χ0n) is 19.7. The van der Waals surface area contributed by atoms with Crippen LogP contribution >= 0.6 is 55.2 Å². The van der Waals surface area contributed by atoms with Gasteiger partial charge in [0.2, 0.25) is 0 Å². The van der Waals surface area contributed by atoms with Gasteiger partial charge in [0.25, 0.3) is 11.1 Å². The van der Waals surface area contributed by atoms with Gasteiger partial charge in [0.05, 0.1) is 22.5 Å². The Bertz CT molecular complexity index is 1320. The molecule has 0 unspecified atom stereocenters. The molecule has 3 aromatic carbocycles. The Morgan fingerprint density at radius 1 is 0.973 bits per heavy atom. The highest BCUT2D eigenvalue weighted by atomic mass is 79.9. The monoisotopic (exact) mass is 665 g/mol. The molecule has 0 aliphatic carbocycles. The Labute approximate surface area is 241 Å². The molecule has 37 heavy (non-hydrogen) atoms. The summed E-state index contributed by atoms with van der Waals surface area (Å²) in [5, 5.41) is 0.253. The minimum absolute atomic E-state index is 0.131. The van der Waals surface area contributed by atoms with Crippen molar-refractivity contribution < 1.29 is 23.8 Å². The first-order chi connectivity index (χ1) is 17.9. The van der Waals surface area contributed by atoms with E-state index in [9.17, 15) is 9.59 Å². The van der Waals surface area contributed by atoms with E-state index in [2.05, 4.69) is 31.9 Å². The number of nitrogens with zero attached hydrogens (tertiary/aromatic N) is 1. The van der Waals surface area contributed by atoms with Crippen molar-refractivity contribution in [1.29, 1.82) is 0 Å². The molecule has 1 saturated heterocycles. The first-order valence-electron chi connectivity index (χ1n) is 11.3. The number of hydrogen-bond donors (Lipinski definition) is 0. The van der Waals surface area contributed by atoms with Gasteiger partial charge in [0.15, 0.2) is 11.5 Å². The van der Waals surface area contributed by atoms with E-state index < -0.39 is 0 Å². The summed E-state index contributed by atoms with van der Waals surface area (Å²) in [7, 11) is 0. The van der Waals surface area contributed by atoms with E-state index in [0.29, 0.717) is 54.9 Å². The summed E-state index contributed by atoms with van der Waals surface area (Å²) in [6.45, 7) is 2.98. The number of hydrogen-bond acceptors (Lipinski definition) is 6. The number of benzene rings is 3. The minimum Gasteiger partial charge on any atom is -0.492 e. The summed E-state index contributed by atoms with van der Waals surface area (Å²) in [4.78, 5) is 27.0. The standard InChI is InChI=1S/C27H22Br2ClNO5S/c1-2-34-21-14-18(23(28)24(29)25(21)36-16-17-6-4-3-5-7-17)15-22-26(32)31(27(33)37-22)12-13-35-20-10-8-19(30)9-11-20/h3-11,14-15H,2,12-13,16H2,1H3/b22-15-. The Morgan fingerprint density at radius 2 is 1.70 bits per heavy atom. The van der Waals surface area contributed by atoms with Crippen LogP contribution in [0.4, 0.5) is 4.79 Å². The lowest BCUT2D eigenvalue weighted by molar-refractivity contribution is -0.123. The van der Waals surface area contributed by atoms with Gasteiger partial charge in [0.1, 0.15) is 19.0 Å². The lowest BCUT2D eigenvalue weighted by atomic mass is 10.1. The molecule has 1 fully saturated rings. The van der Waals surface area contributed by atoms with Gasteiger partial charge in [-0.2, -0.15) is 0 Å². The number of amides is 2. The number of thioether (sulfide) groups is 1. The molecule has 0 spiro atoms. The fourth-order valence-electron chi connectivity index (χ4n) is 3.46. The van der Waals surface area contributed by atoms with Crippen molar-refractivity contribution in [2.24, 2.45) is 0 Å². The molecule has 0 aromatic heterocycles. The van der Waals surface area contributed by atoms with Gasteiger partial charge in [-0.05, 0) is 98.1 Å². The van der Waals surface area contributed by atoms with Crippen molar-refractivity contribution in [3.8, 4) is 17.2 Å². The van der Waals surface area contributed by atoms with E-state index in [-0.39, 0.29) is 24.3 Å². The summed E-state index contributed by atoms with van der Waals surface area (Å²) in [5.74, 6) is 1.30. The first kappa shape index (κ1) is 27.6.